The zero-order valence-corrected chi connectivity index (χ0v) is 20.5. The summed E-state index contributed by atoms with van der Waals surface area (Å²) in [6.07, 6.45) is 2.09. The topological polar surface area (TPSA) is 17.8 Å². The van der Waals surface area contributed by atoms with Gasteiger partial charge in [0, 0.05) is 25.8 Å². The zero-order valence-electron chi connectivity index (χ0n) is 18.1. The predicted molar refractivity (Wildman–Crippen MR) is 122 cm³/mol. The van der Waals surface area contributed by atoms with Crippen LogP contribution in [0.15, 0.2) is 66.7 Å². The van der Waals surface area contributed by atoms with Crippen LogP contribution >= 0.6 is 0 Å². The number of nitrogens with zero attached hydrogens (tertiary/aromatic N) is 2. The third kappa shape index (κ3) is 4.58. The number of aromatic nitrogens is 2. The molecule has 1 aromatic heterocycles. The molecule has 0 fully saturated rings. The predicted octanol–water partition coefficient (Wildman–Crippen LogP) is 6.89. The van der Waals surface area contributed by atoms with E-state index in [0.29, 0.717) is 11.8 Å². The van der Waals surface area contributed by atoms with Crippen molar-refractivity contribution in [2.75, 3.05) is 0 Å². The maximum absolute atomic E-state index is 5.03. The average molecular weight is 574 g/mol. The summed E-state index contributed by atoms with van der Waals surface area (Å²) in [7, 11) is 0. The Labute approximate surface area is 193 Å². The number of rotatable bonds is 6. The van der Waals surface area contributed by atoms with Crippen LogP contribution in [-0.4, -0.2) is 9.55 Å². The van der Waals surface area contributed by atoms with E-state index in [2.05, 4.69) is 92.9 Å². The normalized spacial score (nSPS) is 11.3. The van der Waals surface area contributed by atoms with Crippen molar-refractivity contribution in [3.8, 4) is 17.1 Å². The van der Waals surface area contributed by atoms with Gasteiger partial charge in [-0.25, -0.2) is 0 Å². The summed E-state index contributed by atoms with van der Waals surface area (Å²) in [5.41, 5.74) is 7.28. The Kier molecular flexibility index (Phi) is 7.28. The Morgan fingerprint density at radius 2 is 1.43 bits per heavy atom. The number of para-hydroxylation sites is 3. The Bertz CT molecular complexity index is 1080. The first-order chi connectivity index (χ1) is 14.0. The first-order valence-corrected chi connectivity index (χ1v) is 10.6. The molecule has 0 atom stereocenters. The van der Waals surface area contributed by atoms with E-state index in [1.165, 1.54) is 16.8 Å². The van der Waals surface area contributed by atoms with Crippen molar-refractivity contribution in [2.45, 2.75) is 40.5 Å². The molecule has 0 amide bonds. The second kappa shape index (κ2) is 9.72. The van der Waals surface area contributed by atoms with Crippen molar-refractivity contribution in [3.63, 3.8) is 0 Å². The van der Waals surface area contributed by atoms with Crippen molar-refractivity contribution in [1.82, 2.24) is 9.55 Å². The van der Waals surface area contributed by atoms with Gasteiger partial charge in [-0.05, 0) is 47.9 Å². The Hall–Kier alpha value is -2.22. The van der Waals surface area contributed by atoms with Crippen LogP contribution in [0.4, 0.5) is 0 Å². The molecule has 3 aromatic carbocycles. The SMILES string of the molecule is CC(C)Cc1cccc(CC(C)C)c1-n1c(-c2[c-]cccc2)nc2ccccc21.[Ir]. The van der Waals surface area contributed by atoms with E-state index in [0.717, 1.165) is 35.3 Å². The van der Waals surface area contributed by atoms with E-state index in [4.69, 9.17) is 4.98 Å². The molecule has 0 saturated heterocycles. The van der Waals surface area contributed by atoms with Crippen molar-refractivity contribution >= 4 is 11.0 Å². The molecule has 0 N–H and O–H groups in total. The first-order valence-electron chi connectivity index (χ1n) is 10.6. The number of benzene rings is 3. The zero-order chi connectivity index (χ0) is 20.4. The van der Waals surface area contributed by atoms with Crippen LogP contribution in [0.5, 0.6) is 0 Å². The van der Waals surface area contributed by atoms with Gasteiger partial charge in [-0.1, -0.05) is 58.0 Å². The van der Waals surface area contributed by atoms with Gasteiger partial charge in [0.2, 0.25) is 0 Å². The van der Waals surface area contributed by atoms with Gasteiger partial charge in [-0.3, -0.25) is 4.98 Å². The summed E-state index contributed by atoms with van der Waals surface area (Å²) >= 11 is 0. The number of fused-ring (bicyclic) bond motifs is 1. The first kappa shape index (κ1) is 22.5. The standard InChI is InChI=1S/C27H29N2.Ir/c1-19(2)17-22-13-10-14-23(18-20(3)4)26(22)29-25-16-9-8-15-24(25)28-27(29)21-11-6-5-7-12-21;/h5-11,13-16,19-20H,17-18H2,1-4H3;/q-1;. The molecule has 1 heterocycles. The van der Waals surface area contributed by atoms with E-state index < -0.39 is 0 Å². The van der Waals surface area contributed by atoms with Crippen molar-refractivity contribution < 1.29 is 20.1 Å². The smallest absolute Gasteiger partial charge is 0.0774 e. The van der Waals surface area contributed by atoms with E-state index >= 15 is 0 Å². The molecule has 3 heteroatoms. The average Bonchev–Trinajstić information content (AvgIpc) is 3.07. The van der Waals surface area contributed by atoms with Gasteiger partial charge < -0.3 is 4.57 Å². The maximum Gasteiger partial charge on any atom is 0.0774 e. The van der Waals surface area contributed by atoms with Gasteiger partial charge in [0.1, 0.15) is 0 Å². The molecule has 0 spiro atoms. The third-order valence-corrected chi connectivity index (χ3v) is 5.19. The fourth-order valence-electron chi connectivity index (χ4n) is 4.11. The van der Waals surface area contributed by atoms with Crippen LogP contribution in [-0.2, 0) is 32.9 Å². The van der Waals surface area contributed by atoms with Crippen LogP contribution in [0.25, 0.3) is 28.1 Å². The molecule has 4 rings (SSSR count). The molecule has 0 aliphatic carbocycles. The second-order valence-corrected chi connectivity index (χ2v) is 8.66. The van der Waals surface area contributed by atoms with E-state index in [1.54, 1.807) is 0 Å². The summed E-state index contributed by atoms with van der Waals surface area (Å²) in [6, 6.07) is 26.8. The Morgan fingerprint density at radius 1 is 0.800 bits per heavy atom. The van der Waals surface area contributed by atoms with Crippen molar-refractivity contribution in [1.29, 1.82) is 0 Å². The second-order valence-electron chi connectivity index (χ2n) is 8.66. The fourth-order valence-corrected chi connectivity index (χ4v) is 4.11. The maximum atomic E-state index is 5.03. The van der Waals surface area contributed by atoms with Crippen molar-refractivity contribution in [2.24, 2.45) is 11.8 Å². The monoisotopic (exact) mass is 574 g/mol. The van der Waals surface area contributed by atoms with E-state index in [-0.39, 0.29) is 20.1 Å². The molecule has 1 radical (unpaired) electrons. The molecule has 30 heavy (non-hydrogen) atoms. The molecule has 0 aliphatic heterocycles. The number of hydrogen-bond acceptors (Lipinski definition) is 1. The Balaban J connectivity index is 0.00000256. The number of hydrogen-bond donors (Lipinski definition) is 0. The molecule has 0 saturated carbocycles. The van der Waals surface area contributed by atoms with Crippen LogP contribution in [0.2, 0.25) is 0 Å². The van der Waals surface area contributed by atoms with Gasteiger partial charge >= 0.3 is 0 Å². The van der Waals surface area contributed by atoms with Gasteiger partial charge in [0.15, 0.2) is 0 Å². The molecule has 0 bridgehead atoms. The van der Waals surface area contributed by atoms with E-state index in [1.807, 2.05) is 12.1 Å². The fraction of sp³-hybridized carbons (Fsp3) is 0.296. The molecule has 4 aromatic rings. The molecule has 157 valence electrons. The molecular weight excluding hydrogens is 545 g/mol. The third-order valence-electron chi connectivity index (χ3n) is 5.19. The summed E-state index contributed by atoms with van der Waals surface area (Å²) in [5.74, 6) is 2.14. The molecule has 2 nitrogen and oxygen atoms in total. The molecular formula is C27H29IrN2-. The minimum Gasteiger partial charge on any atom is -0.333 e. The van der Waals surface area contributed by atoms with Gasteiger partial charge in [0.25, 0.3) is 0 Å². The summed E-state index contributed by atoms with van der Waals surface area (Å²) in [5, 5.41) is 0. The van der Waals surface area contributed by atoms with Crippen LogP contribution < -0.4 is 0 Å². The summed E-state index contributed by atoms with van der Waals surface area (Å²) < 4.78 is 2.37. The van der Waals surface area contributed by atoms with E-state index in [9.17, 15) is 0 Å². The largest absolute Gasteiger partial charge is 0.333 e. The molecule has 0 unspecified atom stereocenters. The Morgan fingerprint density at radius 3 is 2.03 bits per heavy atom. The van der Waals surface area contributed by atoms with Gasteiger partial charge in [-0.15, -0.1) is 35.9 Å². The van der Waals surface area contributed by atoms with Crippen LogP contribution in [0.3, 0.4) is 0 Å². The quantitative estimate of drug-likeness (QED) is 0.230. The van der Waals surface area contributed by atoms with Gasteiger partial charge in [0.05, 0.1) is 16.9 Å². The number of imidazole rings is 1. The van der Waals surface area contributed by atoms with Crippen LogP contribution in [0, 0.1) is 17.9 Å². The van der Waals surface area contributed by atoms with Gasteiger partial charge in [-0.2, -0.15) is 0 Å². The molecule has 0 aliphatic rings. The van der Waals surface area contributed by atoms with Crippen molar-refractivity contribution in [3.05, 3.63) is 83.9 Å². The minimum absolute atomic E-state index is 0. The summed E-state index contributed by atoms with van der Waals surface area (Å²) in [6.45, 7) is 9.15. The van der Waals surface area contributed by atoms with Crippen LogP contribution in [0.1, 0.15) is 38.8 Å². The summed E-state index contributed by atoms with van der Waals surface area (Å²) in [4.78, 5) is 5.03. The minimum atomic E-state index is 0.